The van der Waals surface area contributed by atoms with E-state index in [9.17, 15) is 8.42 Å². The van der Waals surface area contributed by atoms with Crippen molar-refractivity contribution in [2.45, 2.75) is 12.5 Å². The monoisotopic (exact) mass is 358 g/mol. The first-order valence-corrected chi connectivity index (χ1v) is 9.59. The Morgan fingerprint density at radius 1 is 1.35 bits per heavy atom. The van der Waals surface area contributed by atoms with Crippen molar-refractivity contribution in [1.82, 2.24) is 4.90 Å². The largest absolute Gasteiger partial charge is 0.497 e. The highest BCUT2D eigenvalue weighted by molar-refractivity contribution is 7.91. The zero-order valence-electron chi connectivity index (χ0n) is 13.3. The van der Waals surface area contributed by atoms with Crippen molar-refractivity contribution in [3.63, 3.8) is 0 Å². The van der Waals surface area contributed by atoms with Gasteiger partial charge in [0.15, 0.2) is 14.9 Å². The van der Waals surface area contributed by atoms with Crippen LogP contribution in [0.5, 0.6) is 5.75 Å². The van der Waals surface area contributed by atoms with Crippen LogP contribution in [0.3, 0.4) is 0 Å². The summed E-state index contributed by atoms with van der Waals surface area (Å²) in [4.78, 5) is 1.91. The average molecular weight is 358 g/mol. The predicted molar refractivity (Wildman–Crippen MR) is 94.9 cm³/mol. The van der Waals surface area contributed by atoms with Crippen LogP contribution in [-0.4, -0.2) is 63.3 Å². The maximum atomic E-state index is 11.7. The van der Waals surface area contributed by atoms with Crippen molar-refractivity contribution >= 4 is 32.9 Å². The highest BCUT2D eigenvalue weighted by Crippen LogP contribution is 2.20. The van der Waals surface area contributed by atoms with Gasteiger partial charge in [0, 0.05) is 25.4 Å². The highest BCUT2D eigenvalue weighted by atomic mass is 32.2. The molecule has 1 atom stereocenters. The first-order chi connectivity index (χ1) is 10.9. The van der Waals surface area contributed by atoms with Gasteiger partial charge >= 0.3 is 0 Å². The minimum Gasteiger partial charge on any atom is -0.497 e. The Kier molecular flexibility index (Phi) is 6.20. The van der Waals surface area contributed by atoms with Crippen molar-refractivity contribution in [3.05, 3.63) is 24.3 Å². The summed E-state index contributed by atoms with van der Waals surface area (Å²) >= 11 is 5.48. The van der Waals surface area contributed by atoms with Gasteiger partial charge < -0.3 is 19.7 Å². The lowest BCUT2D eigenvalue weighted by Gasteiger charge is -2.30. The Morgan fingerprint density at radius 3 is 2.57 bits per heavy atom. The molecule has 1 N–H and O–H groups in total. The van der Waals surface area contributed by atoms with Crippen LogP contribution in [0.25, 0.3) is 0 Å². The molecule has 128 valence electrons. The fraction of sp³-hybridized carbons (Fsp3) is 0.533. The van der Waals surface area contributed by atoms with Crippen LogP contribution in [0.2, 0.25) is 0 Å². The first kappa shape index (κ1) is 18.0. The van der Waals surface area contributed by atoms with E-state index in [4.69, 9.17) is 21.7 Å². The zero-order chi connectivity index (χ0) is 16.9. The molecular weight excluding hydrogens is 336 g/mol. The number of rotatable bonds is 6. The van der Waals surface area contributed by atoms with Crippen LogP contribution >= 0.6 is 12.2 Å². The maximum Gasteiger partial charge on any atom is 0.173 e. The lowest BCUT2D eigenvalue weighted by molar-refractivity contribution is 0.166. The first-order valence-electron chi connectivity index (χ1n) is 7.36. The molecule has 0 saturated carbocycles. The Labute approximate surface area is 142 Å². The molecule has 0 radical (unpaired) electrons. The third kappa shape index (κ3) is 5.05. The number of ether oxygens (including phenoxy) is 2. The maximum absolute atomic E-state index is 11.7. The van der Waals surface area contributed by atoms with Gasteiger partial charge in [-0.25, -0.2) is 8.42 Å². The fourth-order valence-electron chi connectivity index (χ4n) is 2.53. The lowest BCUT2D eigenvalue weighted by Crippen LogP contribution is -2.45. The van der Waals surface area contributed by atoms with Gasteiger partial charge in [0.05, 0.1) is 25.2 Å². The van der Waals surface area contributed by atoms with Crippen molar-refractivity contribution in [2.75, 3.05) is 44.2 Å². The van der Waals surface area contributed by atoms with Gasteiger partial charge in [0.25, 0.3) is 0 Å². The van der Waals surface area contributed by atoms with E-state index in [0.29, 0.717) is 24.7 Å². The van der Waals surface area contributed by atoms with Crippen molar-refractivity contribution < 1.29 is 17.9 Å². The number of anilines is 1. The molecule has 0 bridgehead atoms. The molecule has 1 aliphatic heterocycles. The van der Waals surface area contributed by atoms with E-state index in [2.05, 4.69) is 5.32 Å². The Balaban J connectivity index is 2.06. The van der Waals surface area contributed by atoms with Crippen LogP contribution in [0.1, 0.15) is 6.42 Å². The van der Waals surface area contributed by atoms with Crippen LogP contribution < -0.4 is 10.1 Å². The molecule has 0 aromatic heterocycles. The second-order valence-corrected chi connectivity index (χ2v) is 8.02. The quantitative estimate of drug-likeness (QED) is 0.774. The number of sulfone groups is 1. The zero-order valence-corrected chi connectivity index (χ0v) is 15.0. The molecule has 1 aliphatic rings. The number of hydrogen-bond donors (Lipinski definition) is 1. The SMILES string of the molecule is COCCN(C(=S)Nc1ccc(OC)cc1)[C@@H]1CCS(=O)(=O)C1. The summed E-state index contributed by atoms with van der Waals surface area (Å²) in [6, 6.07) is 7.30. The van der Waals surface area contributed by atoms with Gasteiger partial charge in [-0.3, -0.25) is 0 Å². The third-order valence-corrected chi connectivity index (χ3v) is 5.87. The van der Waals surface area contributed by atoms with Gasteiger partial charge in [-0.15, -0.1) is 0 Å². The summed E-state index contributed by atoms with van der Waals surface area (Å²) in [6.45, 7) is 1.04. The number of methoxy groups -OCH3 is 2. The molecule has 0 aliphatic carbocycles. The molecule has 1 fully saturated rings. The predicted octanol–water partition coefficient (Wildman–Crippen LogP) is 1.53. The van der Waals surface area contributed by atoms with Gasteiger partial charge in [0.1, 0.15) is 5.75 Å². The Morgan fingerprint density at radius 2 is 2.04 bits per heavy atom. The minimum absolute atomic E-state index is 0.103. The van der Waals surface area contributed by atoms with Crippen LogP contribution in [0, 0.1) is 0 Å². The summed E-state index contributed by atoms with van der Waals surface area (Å²) in [7, 11) is 0.258. The number of nitrogens with zero attached hydrogens (tertiary/aromatic N) is 1. The lowest BCUT2D eigenvalue weighted by atomic mass is 10.2. The second kappa shape index (κ2) is 7.94. The van der Waals surface area contributed by atoms with Crippen molar-refractivity contribution in [1.29, 1.82) is 0 Å². The van der Waals surface area contributed by atoms with Crippen LogP contribution in [0.4, 0.5) is 5.69 Å². The van der Waals surface area contributed by atoms with E-state index >= 15 is 0 Å². The molecule has 2 rings (SSSR count). The standard InChI is InChI=1S/C15H22N2O4S2/c1-20-9-8-17(13-7-10-23(18,19)11-13)15(22)16-12-3-5-14(21-2)6-4-12/h3-6,13H,7-11H2,1-2H3,(H,16,22)/t13-/m1/s1. The minimum atomic E-state index is -2.97. The van der Waals surface area contributed by atoms with Gasteiger partial charge in [-0.05, 0) is 42.9 Å². The summed E-state index contributed by atoms with van der Waals surface area (Å²) in [5.41, 5.74) is 0.832. The molecule has 6 nitrogen and oxygen atoms in total. The molecule has 1 aromatic rings. The Hall–Kier alpha value is -1.38. The fourth-order valence-corrected chi connectivity index (χ4v) is 4.62. The molecule has 0 amide bonds. The second-order valence-electron chi connectivity index (χ2n) is 5.40. The van der Waals surface area contributed by atoms with Gasteiger partial charge in [-0.2, -0.15) is 0 Å². The van der Waals surface area contributed by atoms with E-state index < -0.39 is 9.84 Å². The van der Waals surface area contributed by atoms with E-state index in [1.807, 2.05) is 29.2 Å². The molecule has 23 heavy (non-hydrogen) atoms. The normalized spacial score (nSPS) is 19.3. The summed E-state index contributed by atoms with van der Waals surface area (Å²) in [5.74, 6) is 1.12. The van der Waals surface area contributed by atoms with Crippen LogP contribution in [0.15, 0.2) is 24.3 Å². The van der Waals surface area contributed by atoms with E-state index in [-0.39, 0.29) is 17.5 Å². The number of thiocarbonyl (C=S) groups is 1. The molecule has 0 unspecified atom stereocenters. The molecule has 1 aromatic carbocycles. The van der Waals surface area contributed by atoms with E-state index in [1.54, 1.807) is 14.2 Å². The highest BCUT2D eigenvalue weighted by Gasteiger charge is 2.33. The van der Waals surface area contributed by atoms with Crippen LogP contribution in [-0.2, 0) is 14.6 Å². The van der Waals surface area contributed by atoms with E-state index in [0.717, 1.165) is 11.4 Å². The molecule has 0 spiro atoms. The molecular formula is C15H22N2O4S2. The molecule has 1 saturated heterocycles. The smallest absolute Gasteiger partial charge is 0.173 e. The van der Waals surface area contributed by atoms with Gasteiger partial charge in [-0.1, -0.05) is 0 Å². The van der Waals surface area contributed by atoms with Crippen molar-refractivity contribution in [3.8, 4) is 5.75 Å². The summed E-state index contributed by atoms with van der Waals surface area (Å²) in [6.07, 6.45) is 0.594. The molecule has 8 heteroatoms. The molecule has 1 heterocycles. The Bertz CT molecular complexity index is 631. The van der Waals surface area contributed by atoms with E-state index in [1.165, 1.54) is 0 Å². The number of hydrogen-bond acceptors (Lipinski definition) is 5. The topological polar surface area (TPSA) is 67.9 Å². The third-order valence-electron chi connectivity index (χ3n) is 3.79. The average Bonchev–Trinajstić information content (AvgIpc) is 2.88. The summed E-state index contributed by atoms with van der Waals surface area (Å²) in [5, 5.41) is 3.67. The number of benzene rings is 1. The van der Waals surface area contributed by atoms with Gasteiger partial charge in [0.2, 0.25) is 0 Å². The summed E-state index contributed by atoms with van der Waals surface area (Å²) < 4.78 is 33.7. The van der Waals surface area contributed by atoms with Crippen molar-refractivity contribution in [2.24, 2.45) is 0 Å². The number of nitrogens with one attached hydrogen (secondary N) is 1.